The van der Waals surface area contributed by atoms with Gasteiger partial charge in [-0.25, -0.2) is 14.2 Å². The molecule has 8 heteroatoms. The summed E-state index contributed by atoms with van der Waals surface area (Å²) in [7, 11) is 1.65. The maximum Gasteiger partial charge on any atom is 0.328 e. The number of guanidine groups is 1. The zero-order valence-electron chi connectivity index (χ0n) is 17.7. The Hall–Kier alpha value is -3.42. The van der Waals surface area contributed by atoms with Crippen molar-refractivity contribution in [2.24, 2.45) is 4.99 Å². The molecule has 7 nitrogen and oxygen atoms in total. The SMILES string of the molecule is Cc1cc(C)cc(N2CCN3C2=NC2C3C(=O)N(Cc3ccccc3F)C(=O)N2C)c1. The molecule has 2 saturated heterocycles. The molecule has 3 aliphatic heterocycles. The van der Waals surface area contributed by atoms with E-state index in [2.05, 4.69) is 36.9 Å². The average Bonchev–Trinajstić information content (AvgIpc) is 3.29. The number of anilines is 1. The number of aryl methyl sites for hydroxylation is 2. The number of aliphatic imine (C=N–C) groups is 1. The van der Waals surface area contributed by atoms with Crippen molar-refractivity contribution in [2.75, 3.05) is 25.0 Å². The molecule has 3 amide bonds. The number of likely N-dealkylation sites (N-methyl/N-ethyl adjacent to an activating group) is 1. The van der Waals surface area contributed by atoms with E-state index in [9.17, 15) is 14.0 Å². The molecule has 0 radical (unpaired) electrons. The summed E-state index contributed by atoms with van der Waals surface area (Å²) in [5, 5.41) is 0. The highest BCUT2D eigenvalue weighted by atomic mass is 19.1. The van der Waals surface area contributed by atoms with E-state index < -0.39 is 24.1 Å². The molecule has 0 N–H and O–H groups in total. The third-order valence-corrected chi connectivity index (χ3v) is 6.18. The van der Waals surface area contributed by atoms with Gasteiger partial charge in [0.25, 0.3) is 5.91 Å². The lowest BCUT2D eigenvalue weighted by Gasteiger charge is -2.40. The largest absolute Gasteiger partial charge is 0.328 e. The highest BCUT2D eigenvalue weighted by molar-refractivity contribution is 6.08. The molecule has 2 aromatic carbocycles. The molecule has 0 aromatic heterocycles. The molecule has 2 aromatic rings. The summed E-state index contributed by atoms with van der Waals surface area (Å²) < 4.78 is 14.2. The lowest BCUT2D eigenvalue weighted by Crippen LogP contribution is -2.64. The third kappa shape index (κ3) is 3.05. The van der Waals surface area contributed by atoms with Crippen LogP contribution in [0.5, 0.6) is 0 Å². The summed E-state index contributed by atoms with van der Waals surface area (Å²) >= 11 is 0. The zero-order chi connectivity index (χ0) is 21.9. The van der Waals surface area contributed by atoms with E-state index in [-0.39, 0.29) is 12.5 Å². The van der Waals surface area contributed by atoms with E-state index in [4.69, 9.17) is 4.99 Å². The number of carbonyl (C=O) groups excluding carboxylic acids is 2. The summed E-state index contributed by atoms with van der Waals surface area (Å²) in [5.74, 6) is -0.0588. The number of hydrogen-bond donors (Lipinski definition) is 0. The number of hydrogen-bond acceptors (Lipinski definition) is 5. The third-order valence-electron chi connectivity index (χ3n) is 6.18. The van der Waals surface area contributed by atoms with Crippen LogP contribution in [0.25, 0.3) is 0 Å². The summed E-state index contributed by atoms with van der Waals surface area (Å²) in [6.45, 7) is 5.35. The number of carbonyl (C=O) groups is 2. The second kappa shape index (κ2) is 7.08. The Morgan fingerprint density at radius 1 is 1.06 bits per heavy atom. The Labute approximate surface area is 180 Å². The molecule has 2 unspecified atom stereocenters. The van der Waals surface area contributed by atoms with Crippen molar-refractivity contribution in [1.29, 1.82) is 0 Å². The quantitative estimate of drug-likeness (QED) is 0.765. The summed E-state index contributed by atoms with van der Waals surface area (Å²) in [6, 6.07) is 11.5. The topological polar surface area (TPSA) is 59.5 Å². The smallest absolute Gasteiger partial charge is 0.325 e. The predicted octanol–water partition coefficient (Wildman–Crippen LogP) is 2.72. The first-order chi connectivity index (χ1) is 14.8. The maximum absolute atomic E-state index is 14.2. The van der Waals surface area contributed by atoms with Gasteiger partial charge in [0, 0.05) is 31.4 Å². The number of rotatable bonds is 3. The number of halogens is 1. The first-order valence-corrected chi connectivity index (χ1v) is 10.4. The van der Waals surface area contributed by atoms with Gasteiger partial charge in [0.15, 0.2) is 12.2 Å². The number of benzene rings is 2. The van der Waals surface area contributed by atoms with Gasteiger partial charge in [-0.1, -0.05) is 24.3 Å². The minimum absolute atomic E-state index is 0.0954. The molecule has 0 saturated carbocycles. The van der Waals surface area contributed by atoms with Crippen molar-refractivity contribution < 1.29 is 14.0 Å². The number of urea groups is 1. The van der Waals surface area contributed by atoms with Gasteiger partial charge >= 0.3 is 6.03 Å². The highest BCUT2D eigenvalue weighted by Gasteiger charge is 2.54. The Morgan fingerprint density at radius 2 is 1.77 bits per heavy atom. The lowest BCUT2D eigenvalue weighted by atomic mass is 10.1. The average molecular weight is 421 g/mol. The van der Waals surface area contributed by atoms with Crippen LogP contribution in [0, 0.1) is 19.7 Å². The second-order valence-corrected chi connectivity index (χ2v) is 8.39. The fourth-order valence-electron chi connectivity index (χ4n) is 4.73. The van der Waals surface area contributed by atoms with Gasteiger partial charge in [-0.05, 0) is 43.2 Å². The van der Waals surface area contributed by atoms with Crippen LogP contribution < -0.4 is 4.90 Å². The minimum Gasteiger partial charge on any atom is -0.325 e. The molecule has 2 fully saturated rings. The van der Waals surface area contributed by atoms with Gasteiger partial charge in [-0.15, -0.1) is 0 Å². The summed E-state index contributed by atoms with van der Waals surface area (Å²) in [4.78, 5) is 37.8. The van der Waals surface area contributed by atoms with Gasteiger partial charge in [0.05, 0.1) is 6.54 Å². The first-order valence-electron chi connectivity index (χ1n) is 10.4. The molecule has 2 atom stereocenters. The van der Waals surface area contributed by atoms with E-state index in [1.165, 1.54) is 11.0 Å². The van der Waals surface area contributed by atoms with Gasteiger partial charge in [-0.2, -0.15) is 0 Å². The van der Waals surface area contributed by atoms with Crippen LogP contribution in [-0.4, -0.2) is 64.9 Å². The van der Waals surface area contributed by atoms with Gasteiger partial charge in [0.1, 0.15) is 5.82 Å². The van der Waals surface area contributed by atoms with Crippen LogP contribution in [0.15, 0.2) is 47.5 Å². The summed E-state index contributed by atoms with van der Waals surface area (Å²) in [5.41, 5.74) is 3.66. The van der Waals surface area contributed by atoms with Gasteiger partial charge in [0.2, 0.25) is 5.96 Å². The fourth-order valence-corrected chi connectivity index (χ4v) is 4.73. The number of fused-ring (bicyclic) bond motifs is 3. The first kappa shape index (κ1) is 19.5. The zero-order valence-corrected chi connectivity index (χ0v) is 17.7. The molecule has 3 heterocycles. The number of imide groups is 1. The minimum atomic E-state index is -0.597. The van der Waals surface area contributed by atoms with Gasteiger partial charge in [-0.3, -0.25) is 9.69 Å². The molecular formula is C23H24FN5O2. The Bertz CT molecular complexity index is 1100. The molecule has 160 valence electrons. The molecule has 31 heavy (non-hydrogen) atoms. The second-order valence-electron chi connectivity index (χ2n) is 8.39. The van der Waals surface area contributed by atoms with E-state index >= 15 is 0 Å². The predicted molar refractivity (Wildman–Crippen MR) is 115 cm³/mol. The molecule has 0 aliphatic carbocycles. The van der Waals surface area contributed by atoms with E-state index in [0.29, 0.717) is 24.6 Å². The van der Waals surface area contributed by atoms with E-state index in [1.807, 2.05) is 4.90 Å². The van der Waals surface area contributed by atoms with E-state index in [0.717, 1.165) is 21.7 Å². The van der Waals surface area contributed by atoms with Crippen LogP contribution in [0.3, 0.4) is 0 Å². The van der Waals surface area contributed by atoms with Crippen molar-refractivity contribution in [2.45, 2.75) is 32.6 Å². The monoisotopic (exact) mass is 421 g/mol. The molecule has 3 aliphatic rings. The molecular weight excluding hydrogens is 397 g/mol. The van der Waals surface area contributed by atoms with Crippen molar-refractivity contribution in [1.82, 2.24) is 14.7 Å². The Morgan fingerprint density at radius 3 is 2.48 bits per heavy atom. The number of nitrogens with zero attached hydrogens (tertiary/aromatic N) is 5. The van der Waals surface area contributed by atoms with Crippen molar-refractivity contribution >= 4 is 23.6 Å². The Kier molecular flexibility index (Phi) is 4.46. The van der Waals surface area contributed by atoms with Crippen LogP contribution in [-0.2, 0) is 11.3 Å². The molecule has 0 spiro atoms. The van der Waals surface area contributed by atoms with Crippen molar-refractivity contribution in [3.63, 3.8) is 0 Å². The summed E-state index contributed by atoms with van der Waals surface area (Å²) in [6.07, 6.45) is -0.583. The normalized spacial score (nSPS) is 22.8. The van der Waals surface area contributed by atoms with Crippen LogP contribution in [0.1, 0.15) is 16.7 Å². The standard InChI is InChI=1S/C23H24FN5O2/c1-14-10-15(2)12-17(11-14)27-8-9-28-19-20(25-22(27)28)26(3)23(31)29(21(19)30)13-16-6-4-5-7-18(16)24/h4-7,10-12,19-20H,8-9,13H2,1-3H3. The lowest BCUT2D eigenvalue weighted by molar-refractivity contribution is -0.137. The molecule has 5 rings (SSSR count). The Balaban J connectivity index is 1.46. The van der Waals surface area contributed by atoms with Crippen molar-refractivity contribution in [3.8, 4) is 0 Å². The van der Waals surface area contributed by atoms with Crippen LogP contribution in [0.4, 0.5) is 14.9 Å². The van der Waals surface area contributed by atoms with Crippen LogP contribution >= 0.6 is 0 Å². The fraction of sp³-hybridized carbons (Fsp3) is 0.348. The highest BCUT2D eigenvalue weighted by Crippen LogP contribution is 2.34. The van der Waals surface area contributed by atoms with Crippen LogP contribution in [0.2, 0.25) is 0 Å². The van der Waals surface area contributed by atoms with E-state index in [1.54, 1.807) is 25.2 Å². The molecule has 0 bridgehead atoms. The van der Waals surface area contributed by atoms with Gasteiger partial charge < -0.3 is 14.7 Å². The van der Waals surface area contributed by atoms with Crippen molar-refractivity contribution in [3.05, 3.63) is 65.0 Å². The number of amides is 3. The maximum atomic E-state index is 14.2.